The van der Waals surface area contributed by atoms with Crippen molar-refractivity contribution in [1.82, 2.24) is 0 Å². The van der Waals surface area contributed by atoms with E-state index in [0.29, 0.717) is 22.4 Å². The predicted molar refractivity (Wildman–Crippen MR) is 77.7 cm³/mol. The highest BCUT2D eigenvalue weighted by molar-refractivity contribution is 5.87. The molecule has 0 atom stereocenters. The molecule has 0 bridgehead atoms. The van der Waals surface area contributed by atoms with E-state index < -0.39 is 11.9 Å². The van der Waals surface area contributed by atoms with Gasteiger partial charge < -0.3 is 14.6 Å². The maximum Gasteiger partial charge on any atom is 0.335 e. The van der Waals surface area contributed by atoms with Crippen LogP contribution in [0, 0.1) is 0 Å². The number of carbonyl (C=O) groups is 2. The number of aliphatic hydroxyl groups is 1. The summed E-state index contributed by atoms with van der Waals surface area (Å²) in [6, 6.07) is 5.02. The smallest absolute Gasteiger partial charge is 0.335 e. The fourth-order valence-electron chi connectivity index (χ4n) is 1.65. The van der Waals surface area contributed by atoms with Gasteiger partial charge in [0.15, 0.2) is 0 Å². The van der Waals surface area contributed by atoms with E-state index in [2.05, 4.69) is 13.2 Å². The van der Waals surface area contributed by atoms with Crippen molar-refractivity contribution in [3.63, 3.8) is 0 Å². The van der Waals surface area contributed by atoms with Gasteiger partial charge >= 0.3 is 11.9 Å². The topological polar surface area (TPSA) is 72.8 Å². The van der Waals surface area contributed by atoms with Crippen LogP contribution in [0.2, 0.25) is 0 Å². The molecule has 1 N–H and O–H groups in total. The summed E-state index contributed by atoms with van der Waals surface area (Å²) >= 11 is 0. The van der Waals surface area contributed by atoms with Gasteiger partial charge in [0.25, 0.3) is 0 Å². The van der Waals surface area contributed by atoms with Crippen LogP contribution in [0.4, 0.5) is 0 Å². The van der Waals surface area contributed by atoms with Crippen LogP contribution in [0.25, 0.3) is 0 Å². The maximum atomic E-state index is 11.4. The van der Waals surface area contributed by atoms with Crippen molar-refractivity contribution < 1.29 is 24.2 Å². The number of carbonyl (C=O) groups excluding carboxylic acids is 2. The van der Waals surface area contributed by atoms with Gasteiger partial charge in [0.1, 0.15) is 12.4 Å². The summed E-state index contributed by atoms with van der Waals surface area (Å²) in [6.07, 6.45) is 1.33. The Bertz CT molecular complexity index is 560. The lowest BCUT2D eigenvalue weighted by molar-refractivity contribution is -0.140. The SMILES string of the molecule is C=CC(=O)Oc1cccc(COC(=O)C(=C)C)c1CCO. The van der Waals surface area contributed by atoms with Crippen LogP contribution in [0.1, 0.15) is 18.1 Å². The summed E-state index contributed by atoms with van der Waals surface area (Å²) in [5.41, 5.74) is 1.57. The zero-order chi connectivity index (χ0) is 15.8. The Hall–Kier alpha value is -2.40. The highest BCUT2D eigenvalue weighted by Crippen LogP contribution is 2.24. The summed E-state index contributed by atoms with van der Waals surface area (Å²) < 4.78 is 10.2. The first-order valence-corrected chi connectivity index (χ1v) is 6.38. The number of hydrogen-bond donors (Lipinski definition) is 1. The van der Waals surface area contributed by atoms with Crippen LogP contribution in [-0.4, -0.2) is 23.7 Å². The number of aliphatic hydroxyl groups excluding tert-OH is 1. The average Bonchev–Trinajstić information content (AvgIpc) is 2.46. The van der Waals surface area contributed by atoms with E-state index in [0.717, 1.165) is 6.08 Å². The highest BCUT2D eigenvalue weighted by atomic mass is 16.5. The Morgan fingerprint density at radius 3 is 2.67 bits per heavy atom. The Balaban J connectivity index is 2.99. The van der Waals surface area contributed by atoms with Gasteiger partial charge in [0.05, 0.1) is 0 Å². The van der Waals surface area contributed by atoms with E-state index in [1.165, 1.54) is 0 Å². The second-order valence-corrected chi connectivity index (χ2v) is 4.35. The molecule has 0 radical (unpaired) electrons. The molecule has 0 unspecified atom stereocenters. The molecule has 0 spiro atoms. The van der Waals surface area contributed by atoms with Crippen molar-refractivity contribution in [3.05, 3.63) is 54.1 Å². The number of hydrogen-bond acceptors (Lipinski definition) is 5. The number of ether oxygens (including phenoxy) is 2. The minimum atomic E-state index is -0.592. The number of benzene rings is 1. The first-order valence-electron chi connectivity index (χ1n) is 6.38. The zero-order valence-corrected chi connectivity index (χ0v) is 11.9. The predicted octanol–water partition coefficient (Wildman–Crippen LogP) is 1.93. The Kier molecular flexibility index (Phi) is 6.36. The largest absolute Gasteiger partial charge is 0.457 e. The fraction of sp³-hybridized carbons (Fsp3) is 0.250. The van der Waals surface area contributed by atoms with Crippen molar-refractivity contribution in [2.75, 3.05) is 6.61 Å². The van der Waals surface area contributed by atoms with Crippen LogP contribution in [0.5, 0.6) is 5.75 Å². The van der Waals surface area contributed by atoms with Gasteiger partial charge in [-0.1, -0.05) is 25.3 Å². The van der Waals surface area contributed by atoms with Crippen LogP contribution >= 0.6 is 0 Å². The lowest BCUT2D eigenvalue weighted by Crippen LogP contribution is -2.10. The van der Waals surface area contributed by atoms with Gasteiger partial charge in [0.2, 0.25) is 0 Å². The Morgan fingerprint density at radius 2 is 2.10 bits per heavy atom. The molecule has 0 saturated carbocycles. The standard InChI is InChI=1S/C16H18O5/c1-4-15(18)21-14-7-5-6-12(13(14)8-9-17)10-20-16(19)11(2)3/h4-7,17H,1-2,8-10H2,3H3. The summed E-state index contributed by atoms with van der Waals surface area (Å²) in [7, 11) is 0. The van der Waals surface area contributed by atoms with Crippen LogP contribution in [0.3, 0.4) is 0 Å². The molecule has 0 heterocycles. The molecule has 1 aromatic carbocycles. The van der Waals surface area contributed by atoms with Gasteiger partial charge in [-0.2, -0.15) is 0 Å². The first-order chi connectivity index (χ1) is 9.99. The molecule has 0 saturated heterocycles. The molecule has 0 aliphatic rings. The maximum absolute atomic E-state index is 11.4. The molecule has 5 nitrogen and oxygen atoms in total. The van der Waals surface area contributed by atoms with E-state index in [9.17, 15) is 9.59 Å². The van der Waals surface area contributed by atoms with Gasteiger partial charge in [-0.05, 0) is 25.0 Å². The molecule has 0 aliphatic carbocycles. The lowest BCUT2D eigenvalue weighted by atomic mass is 10.0. The van der Waals surface area contributed by atoms with E-state index in [4.69, 9.17) is 14.6 Å². The molecular weight excluding hydrogens is 272 g/mol. The van der Waals surface area contributed by atoms with Gasteiger partial charge in [-0.25, -0.2) is 9.59 Å². The second-order valence-electron chi connectivity index (χ2n) is 4.35. The van der Waals surface area contributed by atoms with Crippen molar-refractivity contribution in [3.8, 4) is 5.75 Å². The van der Waals surface area contributed by atoms with Gasteiger partial charge in [0, 0.05) is 23.8 Å². The fourth-order valence-corrected chi connectivity index (χ4v) is 1.65. The van der Waals surface area contributed by atoms with Crippen LogP contribution in [-0.2, 0) is 27.4 Å². The van der Waals surface area contributed by atoms with Crippen LogP contribution < -0.4 is 4.74 Å². The molecule has 21 heavy (non-hydrogen) atoms. The van der Waals surface area contributed by atoms with E-state index in [1.807, 2.05) is 0 Å². The molecule has 0 fully saturated rings. The third kappa shape index (κ3) is 4.89. The highest BCUT2D eigenvalue weighted by Gasteiger charge is 2.13. The zero-order valence-electron chi connectivity index (χ0n) is 11.9. The quantitative estimate of drug-likeness (QED) is 0.472. The molecule has 112 valence electrons. The van der Waals surface area contributed by atoms with Crippen molar-refractivity contribution in [2.24, 2.45) is 0 Å². The number of esters is 2. The Labute approximate surface area is 123 Å². The summed E-state index contributed by atoms with van der Waals surface area (Å²) in [5, 5.41) is 9.14. The molecule has 0 amide bonds. The summed E-state index contributed by atoms with van der Waals surface area (Å²) in [5.74, 6) is -0.776. The van der Waals surface area contributed by atoms with Crippen LogP contribution in [0.15, 0.2) is 43.0 Å². The lowest BCUT2D eigenvalue weighted by Gasteiger charge is -2.13. The van der Waals surface area contributed by atoms with Gasteiger partial charge in [-0.3, -0.25) is 0 Å². The first kappa shape index (κ1) is 16.7. The molecular formula is C16H18O5. The number of rotatable bonds is 7. The van der Waals surface area contributed by atoms with Crippen molar-refractivity contribution in [1.29, 1.82) is 0 Å². The minimum Gasteiger partial charge on any atom is -0.457 e. The van der Waals surface area contributed by atoms with Gasteiger partial charge in [-0.15, -0.1) is 0 Å². The second kappa shape index (κ2) is 8.01. The molecule has 1 aromatic rings. The average molecular weight is 290 g/mol. The third-order valence-electron chi connectivity index (χ3n) is 2.68. The van der Waals surface area contributed by atoms with Crippen molar-refractivity contribution in [2.45, 2.75) is 20.0 Å². The molecule has 5 heteroatoms. The van der Waals surface area contributed by atoms with E-state index >= 15 is 0 Å². The Morgan fingerprint density at radius 1 is 1.38 bits per heavy atom. The summed E-state index contributed by atoms with van der Waals surface area (Å²) in [6.45, 7) is 8.28. The van der Waals surface area contributed by atoms with E-state index in [1.54, 1.807) is 25.1 Å². The van der Waals surface area contributed by atoms with E-state index in [-0.39, 0.29) is 19.6 Å². The molecule has 0 aromatic heterocycles. The monoisotopic (exact) mass is 290 g/mol. The molecule has 0 aliphatic heterocycles. The minimum absolute atomic E-state index is 0.0144. The normalized spacial score (nSPS) is 9.81. The third-order valence-corrected chi connectivity index (χ3v) is 2.68. The van der Waals surface area contributed by atoms with Crippen molar-refractivity contribution >= 4 is 11.9 Å². The summed E-state index contributed by atoms with van der Waals surface area (Å²) in [4.78, 5) is 22.7. The molecule has 1 rings (SSSR count).